The first-order valence-corrected chi connectivity index (χ1v) is 8.87. The first-order chi connectivity index (χ1) is 9.68. The summed E-state index contributed by atoms with van der Waals surface area (Å²) >= 11 is 0. The van der Waals surface area contributed by atoms with Gasteiger partial charge in [0.25, 0.3) is 0 Å². The van der Waals surface area contributed by atoms with Crippen molar-refractivity contribution in [2.24, 2.45) is 5.41 Å². The van der Waals surface area contributed by atoms with Gasteiger partial charge in [0.1, 0.15) is 0 Å². The van der Waals surface area contributed by atoms with E-state index in [0.29, 0.717) is 18.0 Å². The second kappa shape index (κ2) is 7.38. The first-order valence-electron chi connectivity index (χ1n) is 7.43. The Morgan fingerprint density at radius 3 is 2.38 bits per heavy atom. The van der Waals surface area contributed by atoms with Crippen molar-refractivity contribution in [3.63, 3.8) is 0 Å². The molecule has 0 amide bonds. The maximum atomic E-state index is 12.8. The molecule has 0 fully saturated rings. The first kappa shape index (κ1) is 18.1. The zero-order valence-electron chi connectivity index (χ0n) is 13.8. The molecule has 1 aromatic rings. The van der Waals surface area contributed by atoms with Crippen LogP contribution in [0.4, 0.5) is 0 Å². The molecule has 0 aliphatic rings. The van der Waals surface area contributed by atoms with E-state index in [2.05, 4.69) is 12.2 Å². The van der Waals surface area contributed by atoms with Crippen molar-refractivity contribution in [3.8, 4) is 0 Å². The Labute approximate surface area is 129 Å². The molecule has 0 aliphatic heterocycles. The molecule has 0 saturated heterocycles. The average Bonchev–Trinajstić information content (AvgIpc) is 2.37. The fourth-order valence-electron chi connectivity index (χ4n) is 2.22. The molecule has 0 spiro atoms. The second-order valence-electron chi connectivity index (χ2n) is 6.61. The van der Waals surface area contributed by atoms with Gasteiger partial charge >= 0.3 is 0 Å². The van der Waals surface area contributed by atoms with Gasteiger partial charge in [-0.15, -0.1) is 0 Å². The summed E-state index contributed by atoms with van der Waals surface area (Å²) in [6.07, 6.45) is 1.03. The zero-order valence-corrected chi connectivity index (χ0v) is 14.6. The van der Waals surface area contributed by atoms with Crippen LogP contribution in [0.5, 0.6) is 0 Å². The fourth-order valence-corrected chi connectivity index (χ4v) is 3.84. The molecule has 0 aliphatic carbocycles. The van der Waals surface area contributed by atoms with Crippen LogP contribution in [0.25, 0.3) is 0 Å². The lowest BCUT2D eigenvalue weighted by Crippen LogP contribution is -2.35. The molecule has 120 valence electrons. The number of rotatable bonds is 7. The van der Waals surface area contributed by atoms with Crippen LogP contribution in [0.2, 0.25) is 0 Å². The smallest absolute Gasteiger partial charge is 0.243 e. The monoisotopic (exact) mass is 312 g/mol. The van der Waals surface area contributed by atoms with Crippen molar-refractivity contribution >= 4 is 10.0 Å². The van der Waals surface area contributed by atoms with Gasteiger partial charge in [0.15, 0.2) is 0 Å². The van der Waals surface area contributed by atoms with Crippen molar-refractivity contribution in [1.82, 2.24) is 9.62 Å². The number of sulfonamides is 1. The molecule has 1 rings (SSSR count). The third-order valence-corrected chi connectivity index (χ3v) is 5.00. The zero-order chi connectivity index (χ0) is 16.1. The summed E-state index contributed by atoms with van der Waals surface area (Å²) in [7, 11) is -1.80. The number of hydrogen-bond acceptors (Lipinski definition) is 3. The van der Waals surface area contributed by atoms with Crippen LogP contribution < -0.4 is 5.32 Å². The van der Waals surface area contributed by atoms with E-state index in [1.807, 2.05) is 32.9 Å². The van der Waals surface area contributed by atoms with Gasteiger partial charge in [0.05, 0.1) is 4.90 Å². The molecular formula is C16H28N2O2S. The van der Waals surface area contributed by atoms with E-state index in [0.717, 1.165) is 18.5 Å². The molecule has 0 atom stereocenters. The van der Waals surface area contributed by atoms with Crippen molar-refractivity contribution in [2.75, 3.05) is 20.1 Å². The van der Waals surface area contributed by atoms with Crippen LogP contribution in [0, 0.1) is 5.41 Å². The highest BCUT2D eigenvalue weighted by Crippen LogP contribution is 2.23. The quantitative estimate of drug-likeness (QED) is 0.788. The van der Waals surface area contributed by atoms with E-state index in [-0.39, 0.29) is 5.41 Å². The van der Waals surface area contributed by atoms with Crippen LogP contribution in [-0.2, 0) is 16.6 Å². The second-order valence-corrected chi connectivity index (χ2v) is 8.62. The topological polar surface area (TPSA) is 49.4 Å². The van der Waals surface area contributed by atoms with E-state index in [1.165, 1.54) is 4.31 Å². The lowest BCUT2D eigenvalue weighted by Gasteiger charge is -2.26. The minimum absolute atomic E-state index is 0.0722. The van der Waals surface area contributed by atoms with Crippen LogP contribution in [0.1, 0.15) is 39.7 Å². The molecule has 0 aromatic heterocycles. The van der Waals surface area contributed by atoms with Crippen molar-refractivity contribution < 1.29 is 8.42 Å². The molecule has 1 aromatic carbocycles. The molecule has 0 bridgehead atoms. The Balaban J connectivity index is 3.02. The Morgan fingerprint density at radius 1 is 1.19 bits per heavy atom. The predicted molar refractivity (Wildman–Crippen MR) is 87.7 cm³/mol. The Kier molecular flexibility index (Phi) is 6.38. The molecule has 1 N–H and O–H groups in total. The van der Waals surface area contributed by atoms with Gasteiger partial charge in [0, 0.05) is 20.1 Å². The van der Waals surface area contributed by atoms with Gasteiger partial charge in [-0.1, -0.05) is 45.9 Å². The van der Waals surface area contributed by atoms with Crippen molar-refractivity contribution in [2.45, 2.75) is 45.6 Å². The van der Waals surface area contributed by atoms with E-state index in [9.17, 15) is 8.42 Å². The van der Waals surface area contributed by atoms with Gasteiger partial charge in [-0.05, 0) is 30.0 Å². The van der Waals surface area contributed by atoms with E-state index in [1.54, 1.807) is 19.2 Å². The molecule has 0 heterocycles. The molecule has 21 heavy (non-hydrogen) atoms. The third-order valence-electron chi connectivity index (χ3n) is 3.10. The fraction of sp³-hybridized carbons (Fsp3) is 0.625. The molecule has 0 saturated carbocycles. The van der Waals surface area contributed by atoms with E-state index < -0.39 is 10.0 Å². The lowest BCUT2D eigenvalue weighted by atomic mass is 9.97. The van der Waals surface area contributed by atoms with E-state index in [4.69, 9.17) is 0 Å². The normalized spacial score (nSPS) is 12.9. The summed E-state index contributed by atoms with van der Waals surface area (Å²) < 4.78 is 27.0. The third kappa shape index (κ3) is 5.41. The minimum Gasteiger partial charge on any atom is -0.313 e. The van der Waals surface area contributed by atoms with Crippen LogP contribution >= 0.6 is 0 Å². The Hall–Kier alpha value is -0.910. The van der Waals surface area contributed by atoms with Gasteiger partial charge in [-0.25, -0.2) is 12.7 Å². The summed E-state index contributed by atoms with van der Waals surface area (Å²) in [4.78, 5) is 0.403. The summed E-state index contributed by atoms with van der Waals surface area (Å²) in [6.45, 7) is 10.1. The van der Waals surface area contributed by atoms with Crippen LogP contribution in [-0.4, -0.2) is 32.9 Å². The van der Waals surface area contributed by atoms with Crippen LogP contribution in [0.3, 0.4) is 0 Å². The Morgan fingerprint density at radius 2 is 1.81 bits per heavy atom. The summed E-state index contributed by atoms with van der Waals surface area (Å²) in [5, 5.41) is 3.27. The molecule has 0 unspecified atom stereocenters. The predicted octanol–water partition coefficient (Wildman–Crippen LogP) is 2.85. The number of nitrogens with zero attached hydrogens (tertiary/aromatic N) is 1. The van der Waals surface area contributed by atoms with Gasteiger partial charge in [-0.3, -0.25) is 0 Å². The summed E-state index contributed by atoms with van der Waals surface area (Å²) in [5.74, 6) is 0. The molecule has 4 nitrogen and oxygen atoms in total. The Bertz CT molecular complexity index is 548. The maximum absolute atomic E-state index is 12.8. The molecule has 5 heteroatoms. The van der Waals surface area contributed by atoms with Crippen molar-refractivity contribution in [1.29, 1.82) is 0 Å². The number of benzene rings is 1. The van der Waals surface area contributed by atoms with Crippen LogP contribution in [0.15, 0.2) is 29.2 Å². The molecular weight excluding hydrogens is 284 g/mol. The average molecular weight is 312 g/mol. The molecule has 0 radical (unpaired) electrons. The maximum Gasteiger partial charge on any atom is 0.243 e. The van der Waals surface area contributed by atoms with E-state index >= 15 is 0 Å². The lowest BCUT2D eigenvalue weighted by molar-refractivity contribution is 0.310. The highest BCUT2D eigenvalue weighted by atomic mass is 32.2. The van der Waals surface area contributed by atoms with Gasteiger partial charge < -0.3 is 5.32 Å². The SMILES string of the molecule is CCCNCc1ccccc1S(=O)(=O)N(C)CC(C)(C)C. The minimum atomic E-state index is -3.45. The summed E-state index contributed by atoms with van der Waals surface area (Å²) in [6, 6.07) is 7.23. The number of nitrogens with one attached hydrogen (secondary N) is 1. The van der Waals surface area contributed by atoms with Gasteiger partial charge in [0.2, 0.25) is 10.0 Å². The van der Waals surface area contributed by atoms with Gasteiger partial charge in [-0.2, -0.15) is 0 Å². The number of hydrogen-bond donors (Lipinski definition) is 1. The van der Waals surface area contributed by atoms with Crippen molar-refractivity contribution in [3.05, 3.63) is 29.8 Å². The standard InChI is InChI=1S/C16H28N2O2S/c1-6-11-17-12-14-9-7-8-10-15(14)21(19,20)18(5)13-16(2,3)4/h7-10,17H,6,11-13H2,1-5H3. The summed E-state index contributed by atoms with van der Waals surface area (Å²) in [5.41, 5.74) is 0.753. The highest BCUT2D eigenvalue weighted by Gasteiger charge is 2.26. The largest absolute Gasteiger partial charge is 0.313 e. The highest BCUT2D eigenvalue weighted by molar-refractivity contribution is 7.89.